The molecule has 0 heterocycles. The number of carbonyl (C=O) groups excluding carboxylic acids is 1. The Labute approximate surface area is 88.1 Å². The van der Waals surface area contributed by atoms with Gasteiger partial charge in [0, 0.05) is 5.54 Å². The highest BCUT2D eigenvalue weighted by Gasteiger charge is 2.04. The van der Waals surface area contributed by atoms with Gasteiger partial charge in [0.1, 0.15) is 6.61 Å². The van der Waals surface area contributed by atoms with Gasteiger partial charge in [0.2, 0.25) is 0 Å². The topological polar surface area (TPSA) is 26.3 Å². The molecular formula is C11H11ClO2. The molecule has 74 valence electrons. The molecule has 0 saturated carbocycles. The summed E-state index contributed by atoms with van der Waals surface area (Å²) in [7, 11) is 0. The molecule has 0 fully saturated rings. The first-order valence-corrected chi connectivity index (χ1v) is 4.66. The summed E-state index contributed by atoms with van der Waals surface area (Å²) >= 11 is 5.28. The quantitative estimate of drug-likeness (QED) is 0.718. The lowest BCUT2D eigenvalue weighted by molar-refractivity contribution is 0.0549. The molecule has 0 aliphatic rings. The van der Waals surface area contributed by atoms with Gasteiger partial charge in [-0.3, -0.25) is 0 Å². The van der Waals surface area contributed by atoms with E-state index in [9.17, 15) is 4.79 Å². The molecule has 0 atom stereocenters. The zero-order chi connectivity index (χ0) is 10.4. The third-order valence-corrected chi connectivity index (χ3v) is 1.87. The maximum absolute atomic E-state index is 11.3. The Hall–Kier alpha value is -1.28. The van der Waals surface area contributed by atoms with Crippen molar-refractivity contribution in [3.63, 3.8) is 0 Å². The Morgan fingerprint density at radius 1 is 1.43 bits per heavy atom. The first-order valence-electron chi connectivity index (χ1n) is 4.23. The van der Waals surface area contributed by atoms with Crippen LogP contribution in [0.2, 0.25) is 0 Å². The smallest absolute Gasteiger partial charge is 0.338 e. The van der Waals surface area contributed by atoms with Crippen molar-refractivity contribution in [3.8, 4) is 0 Å². The van der Waals surface area contributed by atoms with Crippen LogP contribution in [0, 0.1) is 6.92 Å². The van der Waals surface area contributed by atoms with Gasteiger partial charge < -0.3 is 4.74 Å². The molecular weight excluding hydrogens is 200 g/mol. The van der Waals surface area contributed by atoms with Crippen molar-refractivity contribution < 1.29 is 9.53 Å². The fourth-order valence-electron chi connectivity index (χ4n) is 0.933. The summed E-state index contributed by atoms with van der Waals surface area (Å²) in [5.74, 6) is -0.334. The minimum atomic E-state index is -0.334. The van der Waals surface area contributed by atoms with Crippen LogP contribution in [-0.4, -0.2) is 12.6 Å². The van der Waals surface area contributed by atoms with E-state index in [4.69, 9.17) is 16.3 Å². The van der Waals surface area contributed by atoms with Crippen LogP contribution >= 0.6 is 11.6 Å². The summed E-state index contributed by atoms with van der Waals surface area (Å²) < 4.78 is 4.90. The molecule has 1 rings (SSSR count). The predicted molar refractivity (Wildman–Crippen MR) is 56.5 cm³/mol. The number of ether oxygens (including phenoxy) is 1. The van der Waals surface area contributed by atoms with Gasteiger partial charge in [-0.15, -0.1) is 0 Å². The highest BCUT2D eigenvalue weighted by molar-refractivity contribution is 6.25. The predicted octanol–water partition coefficient (Wildman–Crippen LogP) is 2.90. The summed E-state index contributed by atoms with van der Waals surface area (Å²) in [5.41, 5.74) is 2.99. The number of halogens is 1. The summed E-state index contributed by atoms with van der Waals surface area (Å²) in [6.45, 7) is 2.17. The Kier molecular flexibility index (Phi) is 4.20. The molecule has 2 nitrogen and oxygen atoms in total. The molecule has 0 amide bonds. The molecule has 0 saturated heterocycles. The van der Waals surface area contributed by atoms with Gasteiger partial charge in [-0.1, -0.05) is 29.3 Å². The van der Waals surface area contributed by atoms with E-state index in [1.165, 1.54) is 5.54 Å². The number of carbonyl (C=O) groups is 1. The molecule has 1 aromatic rings. The molecule has 0 aliphatic heterocycles. The SMILES string of the molecule is Cc1ccc(C(=O)OC/C=C/Cl)cc1. The second-order valence-electron chi connectivity index (χ2n) is 2.83. The Morgan fingerprint density at radius 3 is 2.64 bits per heavy atom. The first kappa shape index (κ1) is 10.8. The van der Waals surface area contributed by atoms with Crippen LogP contribution in [0.3, 0.4) is 0 Å². The van der Waals surface area contributed by atoms with Crippen molar-refractivity contribution in [2.24, 2.45) is 0 Å². The molecule has 0 aromatic heterocycles. The van der Waals surface area contributed by atoms with Gasteiger partial charge in [-0.05, 0) is 25.1 Å². The Balaban J connectivity index is 2.56. The second-order valence-corrected chi connectivity index (χ2v) is 3.08. The van der Waals surface area contributed by atoms with Crippen molar-refractivity contribution in [2.45, 2.75) is 6.92 Å². The second kappa shape index (κ2) is 5.45. The number of hydrogen-bond donors (Lipinski definition) is 0. The fourth-order valence-corrected chi connectivity index (χ4v) is 1.01. The third kappa shape index (κ3) is 3.23. The van der Waals surface area contributed by atoms with Crippen molar-refractivity contribution in [3.05, 3.63) is 47.0 Å². The van der Waals surface area contributed by atoms with Gasteiger partial charge in [0.05, 0.1) is 5.56 Å². The highest BCUT2D eigenvalue weighted by Crippen LogP contribution is 2.04. The van der Waals surface area contributed by atoms with Crippen molar-refractivity contribution >= 4 is 17.6 Å². The molecule has 0 radical (unpaired) electrons. The lowest BCUT2D eigenvalue weighted by Crippen LogP contribution is -2.04. The minimum absolute atomic E-state index is 0.205. The molecule has 0 aliphatic carbocycles. The van der Waals surface area contributed by atoms with Crippen LogP contribution in [0.1, 0.15) is 15.9 Å². The van der Waals surface area contributed by atoms with Crippen LogP contribution in [-0.2, 0) is 4.74 Å². The molecule has 0 N–H and O–H groups in total. The average Bonchev–Trinajstić information content (AvgIpc) is 2.19. The molecule has 14 heavy (non-hydrogen) atoms. The summed E-state index contributed by atoms with van der Waals surface area (Å²) in [4.78, 5) is 11.3. The number of esters is 1. The normalized spacial score (nSPS) is 10.4. The fraction of sp³-hybridized carbons (Fsp3) is 0.182. The van der Waals surface area contributed by atoms with E-state index in [1.54, 1.807) is 18.2 Å². The zero-order valence-electron chi connectivity index (χ0n) is 7.87. The lowest BCUT2D eigenvalue weighted by atomic mass is 10.1. The van der Waals surface area contributed by atoms with Gasteiger partial charge in [-0.25, -0.2) is 4.79 Å². The van der Waals surface area contributed by atoms with Crippen molar-refractivity contribution in [1.82, 2.24) is 0 Å². The summed E-state index contributed by atoms with van der Waals surface area (Å²) in [6.07, 6.45) is 1.56. The molecule has 0 bridgehead atoms. The van der Waals surface area contributed by atoms with Gasteiger partial charge >= 0.3 is 5.97 Å². The number of hydrogen-bond acceptors (Lipinski definition) is 2. The molecule has 0 spiro atoms. The third-order valence-electron chi connectivity index (χ3n) is 1.69. The standard InChI is InChI=1S/C11H11ClO2/c1-9-3-5-10(6-4-9)11(13)14-8-2-7-12/h2-7H,8H2,1H3/b7-2+. The largest absolute Gasteiger partial charge is 0.458 e. The van der Waals surface area contributed by atoms with E-state index < -0.39 is 0 Å². The maximum Gasteiger partial charge on any atom is 0.338 e. The Morgan fingerprint density at radius 2 is 2.07 bits per heavy atom. The number of aryl methyl sites for hydroxylation is 1. The van der Waals surface area contributed by atoms with E-state index >= 15 is 0 Å². The zero-order valence-corrected chi connectivity index (χ0v) is 8.62. The van der Waals surface area contributed by atoms with Crippen molar-refractivity contribution in [1.29, 1.82) is 0 Å². The van der Waals surface area contributed by atoms with Gasteiger partial charge in [-0.2, -0.15) is 0 Å². The highest BCUT2D eigenvalue weighted by atomic mass is 35.5. The van der Waals surface area contributed by atoms with Crippen LogP contribution in [0.15, 0.2) is 35.9 Å². The summed E-state index contributed by atoms with van der Waals surface area (Å²) in [5, 5.41) is 0. The van der Waals surface area contributed by atoms with Crippen molar-refractivity contribution in [2.75, 3.05) is 6.61 Å². The van der Waals surface area contributed by atoms with E-state index in [-0.39, 0.29) is 12.6 Å². The molecule has 1 aromatic carbocycles. The number of rotatable bonds is 3. The van der Waals surface area contributed by atoms with E-state index in [0.29, 0.717) is 5.56 Å². The number of benzene rings is 1. The van der Waals surface area contributed by atoms with E-state index in [2.05, 4.69) is 0 Å². The van der Waals surface area contributed by atoms with Crippen LogP contribution in [0.5, 0.6) is 0 Å². The van der Waals surface area contributed by atoms with Crippen LogP contribution < -0.4 is 0 Å². The average molecular weight is 211 g/mol. The van der Waals surface area contributed by atoms with Crippen LogP contribution in [0.25, 0.3) is 0 Å². The van der Waals surface area contributed by atoms with Gasteiger partial charge in [0.15, 0.2) is 0 Å². The lowest BCUT2D eigenvalue weighted by Gasteiger charge is -2.01. The monoisotopic (exact) mass is 210 g/mol. The Bertz CT molecular complexity index is 328. The molecule has 3 heteroatoms. The van der Waals surface area contributed by atoms with Gasteiger partial charge in [0.25, 0.3) is 0 Å². The summed E-state index contributed by atoms with van der Waals surface area (Å²) in [6, 6.07) is 7.21. The van der Waals surface area contributed by atoms with E-state index in [1.807, 2.05) is 19.1 Å². The first-order chi connectivity index (χ1) is 6.74. The molecule has 0 unspecified atom stereocenters. The maximum atomic E-state index is 11.3. The van der Waals surface area contributed by atoms with Crippen LogP contribution in [0.4, 0.5) is 0 Å². The van der Waals surface area contributed by atoms with E-state index in [0.717, 1.165) is 5.56 Å². The minimum Gasteiger partial charge on any atom is -0.458 e.